The van der Waals surface area contributed by atoms with E-state index >= 15 is 0 Å². The van der Waals surface area contributed by atoms with E-state index in [0.717, 1.165) is 5.69 Å². The van der Waals surface area contributed by atoms with Crippen LogP contribution in [0.2, 0.25) is 0 Å². The maximum atomic E-state index is 11.4. The highest BCUT2D eigenvalue weighted by Gasteiger charge is 2.12. The largest absolute Gasteiger partial charge is 0.337 e. The third kappa shape index (κ3) is 3.18. The van der Waals surface area contributed by atoms with Gasteiger partial charge in [-0.15, -0.1) is 0 Å². The summed E-state index contributed by atoms with van der Waals surface area (Å²) in [6, 6.07) is 0. The maximum Gasteiger partial charge on any atom is 0.177 e. The number of aromatic amines is 1. The van der Waals surface area contributed by atoms with Gasteiger partial charge in [0.1, 0.15) is 0 Å². The smallest absolute Gasteiger partial charge is 0.177 e. The van der Waals surface area contributed by atoms with Gasteiger partial charge in [0.2, 0.25) is 0 Å². The van der Waals surface area contributed by atoms with E-state index < -0.39 is 9.84 Å². The van der Waals surface area contributed by atoms with Crippen LogP contribution in [0.4, 0.5) is 0 Å². The molecule has 1 N–H and O–H groups in total. The molecular weight excluding hydrogens is 244 g/mol. The first-order valence-electron chi connectivity index (χ1n) is 5.36. The zero-order valence-corrected chi connectivity index (χ0v) is 11.5. The molecule has 0 fully saturated rings. The van der Waals surface area contributed by atoms with Crippen LogP contribution in [0.1, 0.15) is 32.4 Å². The van der Waals surface area contributed by atoms with Crippen LogP contribution in [0, 0.1) is 4.77 Å². The number of nitrogens with one attached hydrogen (secondary N) is 1. The number of hydrogen-bond donors (Lipinski definition) is 1. The lowest BCUT2D eigenvalue weighted by Crippen LogP contribution is -2.16. The summed E-state index contributed by atoms with van der Waals surface area (Å²) in [5.41, 5.74) is 1.05. The fraction of sp³-hybridized carbons (Fsp3) is 0.700. The summed E-state index contributed by atoms with van der Waals surface area (Å²) in [5, 5.41) is 0. The molecule has 0 unspecified atom stereocenters. The Kier molecular flexibility index (Phi) is 4.32. The van der Waals surface area contributed by atoms with Gasteiger partial charge >= 0.3 is 0 Å². The molecule has 1 rings (SSSR count). The second-order valence-electron chi connectivity index (χ2n) is 4.06. The van der Waals surface area contributed by atoms with Gasteiger partial charge < -0.3 is 9.55 Å². The van der Waals surface area contributed by atoms with Crippen molar-refractivity contribution in [2.24, 2.45) is 0 Å². The molecule has 0 saturated heterocycles. The number of hydrogen-bond acceptors (Lipinski definition) is 3. The van der Waals surface area contributed by atoms with E-state index in [4.69, 9.17) is 12.2 Å². The molecule has 1 heterocycles. The Hall–Kier alpha value is -0.620. The summed E-state index contributed by atoms with van der Waals surface area (Å²) in [6.45, 7) is 6.21. The summed E-state index contributed by atoms with van der Waals surface area (Å²) in [7, 11) is -2.94. The molecule has 1 aromatic rings. The van der Waals surface area contributed by atoms with Crippen LogP contribution in [-0.2, 0) is 16.4 Å². The minimum absolute atomic E-state index is 0.148. The van der Waals surface area contributed by atoms with E-state index in [1.54, 1.807) is 6.92 Å². The topological polar surface area (TPSA) is 54.9 Å². The lowest BCUT2D eigenvalue weighted by molar-refractivity contribution is 0.585. The Bertz CT molecular complexity index is 497. The normalized spacial score (nSPS) is 12.2. The van der Waals surface area contributed by atoms with E-state index in [9.17, 15) is 8.42 Å². The van der Waals surface area contributed by atoms with Crippen molar-refractivity contribution < 1.29 is 8.42 Å². The van der Waals surface area contributed by atoms with Crippen LogP contribution in [-0.4, -0.2) is 29.5 Å². The molecule has 0 aliphatic carbocycles. The summed E-state index contributed by atoms with van der Waals surface area (Å²) in [4.78, 5) is 2.96. The van der Waals surface area contributed by atoms with Crippen LogP contribution in [0.15, 0.2) is 6.20 Å². The van der Waals surface area contributed by atoms with Gasteiger partial charge in [0.05, 0.1) is 5.75 Å². The molecule has 0 saturated carbocycles. The molecule has 4 nitrogen and oxygen atoms in total. The van der Waals surface area contributed by atoms with Gasteiger partial charge in [0.25, 0.3) is 0 Å². The fourth-order valence-corrected chi connectivity index (χ4v) is 2.50. The van der Waals surface area contributed by atoms with Gasteiger partial charge in [-0.3, -0.25) is 0 Å². The van der Waals surface area contributed by atoms with Crippen LogP contribution in [0.3, 0.4) is 0 Å². The van der Waals surface area contributed by atoms with Crippen molar-refractivity contribution in [2.75, 3.05) is 11.5 Å². The zero-order chi connectivity index (χ0) is 12.3. The van der Waals surface area contributed by atoms with Gasteiger partial charge in [-0.1, -0.05) is 20.8 Å². The molecule has 0 aromatic carbocycles. The molecule has 0 amide bonds. The standard InChI is InChI=1S/C10H18N2O2S2/c1-4-16(13,14)6-5-12-9(8(2)3)7-11-10(12)15/h7-8H,4-6H2,1-3H3,(H,11,15). The van der Waals surface area contributed by atoms with Crippen molar-refractivity contribution in [2.45, 2.75) is 33.2 Å². The lowest BCUT2D eigenvalue weighted by atomic mass is 10.1. The number of rotatable bonds is 5. The van der Waals surface area contributed by atoms with Crippen molar-refractivity contribution in [3.05, 3.63) is 16.7 Å². The Balaban J connectivity index is 2.90. The molecule has 16 heavy (non-hydrogen) atoms. The Morgan fingerprint density at radius 1 is 1.50 bits per heavy atom. The first-order valence-corrected chi connectivity index (χ1v) is 7.59. The molecule has 6 heteroatoms. The molecule has 0 bridgehead atoms. The highest BCUT2D eigenvalue weighted by Crippen LogP contribution is 2.14. The average molecular weight is 262 g/mol. The molecule has 92 valence electrons. The monoisotopic (exact) mass is 262 g/mol. The molecule has 0 radical (unpaired) electrons. The van der Waals surface area contributed by atoms with E-state index in [1.165, 1.54) is 0 Å². The number of aromatic nitrogens is 2. The number of imidazole rings is 1. The molecule has 1 aromatic heterocycles. The average Bonchev–Trinajstić information content (AvgIpc) is 2.57. The van der Waals surface area contributed by atoms with Crippen LogP contribution < -0.4 is 0 Å². The predicted octanol–water partition coefficient (Wildman–Crippen LogP) is 2.10. The molecular formula is C10H18N2O2S2. The van der Waals surface area contributed by atoms with Crippen LogP contribution in [0.25, 0.3) is 0 Å². The minimum Gasteiger partial charge on any atom is -0.337 e. The summed E-state index contributed by atoms with van der Waals surface area (Å²) >= 11 is 5.13. The van der Waals surface area contributed by atoms with Crippen LogP contribution >= 0.6 is 12.2 Å². The second-order valence-corrected chi connectivity index (χ2v) is 6.92. The SMILES string of the molecule is CCS(=O)(=O)CCn1c(C(C)C)c[nH]c1=S. The van der Waals surface area contributed by atoms with Crippen molar-refractivity contribution in [1.29, 1.82) is 0 Å². The first-order chi connectivity index (χ1) is 7.37. The predicted molar refractivity (Wildman–Crippen MR) is 68.0 cm³/mol. The molecule has 0 spiro atoms. The Labute approximate surface area is 102 Å². The van der Waals surface area contributed by atoms with Gasteiger partial charge in [-0.25, -0.2) is 8.42 Å². The van der Waals surface area contributed by atoms with E-state index in [1.807, 2.05) is 10.8 Å². The third-order valence-corrected chi connectivity index (χ3v) is 4.58. The third-order valence-electron chi connectivity index (χ3n) is 2.56. The van der Waals surface area contributed by atoms with Gasteiger partial charge in [-0.05, 0) is 18.1 Å². The van der Waals surface area contributed by atoms with Crippen molar-refractivity contribution in [3.63, 3.8) is 0 Å². The highest BCUT2D eigenvalue weighted by molar-refractivity contribution is 7.91. The van der Waals surface area contributed by atoms with E-state index in [0.29, 0.717) is 17.2 Å². The summed E-state index contributed by atoms with van der Waals surface area (Å²) < 4.78 is 25.3. The zero-order valence-electron chi connectivity index (χ0n) is 9.86. The molecule has 0 aliphatic rings. The summed E-state index contributed by atoms with van der Waals surface area (Å²) in [5.74, 6) is 0.661. The minimum atomic E-state index is -2.94. The fourth-order valence-electron chi connectivity index (χ4n) is 1.49. The highest BCUT2D eigenvalue weighted by atomic mass is 32.2. The van der Waals surface area contributed by atoms with Gasteiger partial charge in [0, 0.05) is 24.2 Å². The number of nitrogens with zero attached hydrogens (tertiary/aromatic N) is 1. The quantitative estimate of drug-likeness (QED) is 0.827. The second kappa shape index (κ2) is 5.14. The van der Waals surface area contributed by atoms with Crippen LogP contribution in [0.5, 0.6) is 0 Å². The van der Waals surface area contributed by atoms with Crippen molar-refractivity contribution >= 4 is 22.1 Å². The van der Waals surface area contributed by atoms with Crippen molar-refractivity contribution in [1.82, 2.24) is 9.55 Å². The molecule has 0 aliphatic heterocycles. The Morgan fingerprint density at radius 3 is 2.62 bits per heavy atom. The van der Waals surface area contributed by atoms with Crippen molar-refractivity contribution in [3.8, 4) is 0 Å². The van der Waals surface area contributed by atoms with E-state index in [-0.39, 0.29) is 11.5 Å². The van der Waals surface area contributed by atoms with Gasteiger partial charge in [0.15, 0.2) is 14.6 Å². The van der Waals surface area contributed by atoms with Gasteiger partial charge in [-0.2, -0.15) is 0 Å². The maximum absolute atomic E-state index is 11.4. The molecule has 0 atom stereocenters. The Morgan fingerprint density at radius 2 is 2.12 bits per heavy atom. The number of H-pyrrole nitrogens is 1. The lowest BCUT2D eigenvalue weighted by Gasteiger charge is -2.10. The van der Waals surface area contributed by atoms with E-state index in [2.05, 4.69) is 18.8 Å². The number of sulfone groups is 1. The first kappa shape index (κ1) is 13.4. The summed E-state index contributed by atoms with van der Waals surface area (Å²) in [6.07, 6.45) is 1.85.